The highest BCUT2D eigenvalue weighted by Crippen LogP contribution is 2.21. The Balaban J connectivity index is 2.87. The molecular weight excluding hydrogens is 222 g/mol. The zero-order valence-corrected chi connectivity index (χ0v) is 11.2. The first kappa shape index (κ1) is 13.5. The van der Waals surface area contributed by atoms with Crippen LogP contribution in [0.15, 0.2) is 12.1 Å². The van der Waals surface area contributed by atoms with Gasteiger partial charge in [-0.3, -0.25) is 0 Å². The lowest BCUT2D eigenvalue weighted by Gasteiger charge is -2.18. The van der Waals surface area contributed by atoms with Crippen molar-refractivity contribution in [2.24, 2.45) is 0 Å². The van der Waals surface area contributed by atoms with Crippen LogP contribution in [0.2, 0.25) is 5.02 Å². The molecule has 0 saturated heterocycles. The first-order chi connectivity index (χ1) is 7.58. The van der Waals surface area contributed by atoms with Crippen LogP contribution in [0.3, 0.4) is 0 Å². The number of benzene rings is 1. The topological polar surface area (TPSA) is 21.3 Å². The van der Waals surface area contributed by atoms with E-state index >= 15 is 0 Å². The van der Waals surface area contributed by atoms with Gasteiger partial charge in [0, 0.05) is 25.1 Å². The van der Waals surface area contributed by atoms with E-state index in [9.17, 15) is 0 Å². The molecule has 1 aromatic rings. The Morgan fingerprint density at radius 1 is 1.31 bits per heavy atom. The lowest BCUT2D eigenvalue weighted by atomic mass is 9.97. The second-order valence-electron chi connectivity index (χ2n) is 4.14. The van der Waals surface area contributed by atoms with Gasteiger partial charge in [0.15, 0.2) is 0 Å². The van der Waals surface area contributed by atoms with Gasteiger partial charge < -0.3 is 10.1 Å². The van der Waals surface area contributed by atoms with Crippen LogP contribution in [0.1, 0.15) is 16.7 Å². The molecule has 0 aliphatic carbocycles. The van der Waals surface area contributed by atoms with Crippen molar-refractivity contribution in [3.63, 3.8) is 0 Å². The molecule has 1 unspecified atom stereocenters. The fourth-order valence-electron chi connectivity index (χ4n) is 1.96. The molecule has 1 rings (SSSR count). The SMILES string of the molecule is CNCC(Cc1c(C)cc(Cl)cc1C)OC. The summed E-state index contributed by atoms with van der Waals surface area (Å²) >= 11 is 6.01. The molecule has 1 N–H and O–H groups in total. The maximum absolute atomic E-state index is 6.01. The van der Waals surface area contributed by atoms with Gasteiger partial charge >= 0.3 is 0 Å². The van der Waals surface area contributed by atoms with E-state index in [1.54, 1.807) is 7.11 Å². The van der Waals surface area contributed by atoms with Gasteiger partial charge in [-0.1, -0.05) is 11.6 Å². The third-order valence-corrected chi connectivity index (χ3v) is 3.08. The number of aryl methyl sites for hydroxylation is 2. The maximum atomic E-state index is 6.01. The van der Waals surface area contributed by atoms with E-state index in [1.165, 1.54) is 16.7 Å². The lowest BCUT2D eigenvalue weighted by Crippen LogP contribution is -2.28. The number of nitrogens with one attached hydrogen (secondary N) is 1. The number of hydrogen-bond acceptors (Lipinski definition) is 2. The summed E-state index contributed by atoms with van der Waals surface area (Å²) in [6.07, 6.45) is 1.13. The summed E-state index contributed by atoms with van der Waals surface area (Å²) < 4.78 is 5.44. The molecule has 0 amide bonds. The van der Waals surface area contributed by atoms with E-state index in [0.717, 1.165) is 18.0 Å². The van der Waals surface area contributed by atoms with Crippen molar-refractivity contribution in [2.75, 3.05) is 20.7 Å². The fraction of sp³-hybridized carbons (Fsp3) is 0.538. The fourth-order valence-corrected chi connectivity index (χ4v) is 2.28. The van der Waals surface area contributed by atoms with Crippen molar-refractivity contribution >= 4 is 11.6 Å². The van der Waals surface area contributed by atoms with E-state index in [0.29, 0.717) is 0 Å². The van der Waals surface area contributed by atoms with Crippen LogP contribution in [-0.4, -0.2) is 26.8 Å². The van der Waals surface area contributed by atoms with E-state index in [-0.39, 0.29) is 6.10 Å². The van der Waals surface area contributed by atoms with Crippen molar-refractivity contribution in [1.82, 2.24) is 5.32 Å². The molecule has 1 aromatic carbocycles. The monoisotopic (exact) mass is 241 g/mol. The Labute approximate surface area is 103 Å². The summed E-state index contributed by atoms with van der Waals surface area (Å²) in [5.41, 5.74) is 3.82. The molecule has 1 atom stereocenters. The second kappa shape index (κ2) is 6.24. The highest BCUT2D eigenvalue weighted by atomic mass is 35.5. The number of likely N-dealkylation sites (N-methyl/N-ethyl adjacent to an activating group) is 1. The number of halogens is 1. The molecule has 3 heteroatoms. The third-order valence-electron chi connectivity index (χ3n) is 2.86. The first-order valence-electron chi connectivity index (χ1n) is 5.51. The molecule has 0 aliphatic rings. The molecule has 0 fully saturated rings. The maximum Gasteiger partial charge on any atom is 0.0735 e. The second-order valence-corrected chi connectivity index (χ2v) is 4.57. The van der Waals surface area contributed by atoms with E-state index in [4.69, 9.17) is 16.3 Å². The van der Waals surface area contributed by atoms with Crippen molar-refractivity contribution in [3.05, 3.63) is 33.8 Å². The normalized spacial score (nSPS) is 12.8. The predicted octanol–water partition coefficient (Wildman–Crippen LogP) is 2.73. The standard InChI is InChI=1S/C13H20ClNO/c1-9-5-11(14)6-10(2)13(9)7-12(16-4)8-15-3/h5-6,12,15H,7-8H2,1-4H3. The average molecular weight is 242 g/mol. The molecule has 0 radical (unpaired) electrons. The van der Waals surface area contributed by atoms with Crippen molar-refractivity contribution in [1.29, 1.82) is 0 Å². The molecule has 0 bridgehead atoms. The first-order valence-corrected chi connectivity index (χ1v) is 5.89. The van der Waals surface area contributed by atoms with Crippen molar-refractivity contribution in [3.8, 4) is 0 Å². The molecule has 16 heavy (non-hydrogen) atoms. The molecule has 0 aliphatic heterocycles. The Morgan fingerprint density at radius 3 is 2.31 bits per heavy atom. The number of hydrogen-bond donors (Lipinski definition) is 1. The number of methoxy groups -OCH3 is 1. The lowest BCUT2D eigenvalue weighted by molar-refractivity contribution is 0.104. The molecule has 0 aromatic heterocycles. The summed E-state index contributed by atoms with van der Waals surface area (Å²) in [5, 5.41) is 3.94. The average Bonchev–Trinajstić information content (AvgIpc) is 2.21. The summed E-state index contributed by atoms with van der Waals surface area (Å²) in [7, 11) is 3.69. The van der Waals surface area contributed by atoms with Gasteiger partial charge in [0.1, 0.15) is 0 Å². The van der Waals surface area contributed by atoms with Crippen LogP contribution in [0.4, 0.5) is 0 Å². The third kappa shape index (κ3) is 3.48. The number of rotatable bonds is 5. The Morgan fingerprint density at radius 2 is 1.88 bits per heavy atom. The Hall–Kier alpha value is -0.570. The molecule has 90 valence electrons. The predicted molar refractivity (Wildman–Crippen MR) is 69.4 cm³/mol. The summed E-state index contributed by atoms with van der Waals surface area (Å²) in [6, 6.07) is 4.02. The minimum atomic E-state index is 0.212. The summed E-state index contributed by atoms with van der Waals surface area (Å²) in [5.74, 6) is 0. The van der Waals surface area contributed by atoms with Gasteiger partial charge in [0.05, 0.1) is 6.10 Å². The van der Waals surface area contributed by atoms with Gasteiger partial charge in [-0.25, -0.2) is 0 Å². The smallest absolute Gasteiger partial charge is 0.0735 e. The highest BCUT2D eigenvalue weighted by molar-refractivity contribution is 6.30. The van der Waals surface area contributed by atoms with Crippen LogP contribution in [0.25, 0.3) is 0 Å². The van der Waals surface area contributed by atoms with Crippen molar-refractivity contribution < 1.29 is 4.74 Å². The Kier molecular flexibility index (Phi) is 5.26. The van der Waals surface area contributed by atoms with Crippen LogP contribution in [0, 0.1) is 13.8 Å². The van der Waals surface area contributed by atoms with Gasteiger partial charge in [0.2, 0.25) is 0 Å². The van der Waals surface area contributed by atoms with E-state index in [2.05, 4.69) is 19.2 Å². The molecular formula is C13H20ClNO. The summed E-state index contributed by atoms with van der Waals surface area (Å²) in [4.78, 5) is 0. The van der Waals surface area contributed by atoms with Crippen LogP contribution in [0.5, 0.6) is 0 Å². The van der Waals surface area contributed by atoms with Gasteiger partial charge in [0.25, 0.3) is 0 Å². The zero-order valence-electron chi connectivity index (χ0n) is 10.4. The van der Waals surface area contributed by atoms with Gasteiger partial charge in [-0.2, -0.15) is 0 Å². The zero-order chi connectivity index (χ0) is 12.1. The minimum Gasteiger partial charge on any atom is -0.380 e. The van der Waals surface area contributed by atoms with E-state index < -0.39 is 0 Å². The van der Waals surface area contributed by atoms with E-state index in [1.807, 2.05) is 19.2 Å². The minimum absolute atomic E-state index is 0.212. The van der Waals surface area contributed by atoms with Crippen molar-refractivity contribution in [2.45, 2.75) is 26.4 Å². The molecule has 0 spiro atoms. The molecule has 0 heterocycles. The molecule has 2 nitrogen and oxygen atoms in total. The van der Waals surface area contributed by atoms with Crippen LogP contribution >= 0.6 is 11.6 Å². The molecule has 0 saturated carbocycles. The summed E-state index contributed by atoms with van der Waals surface area (Å²) in [6.45, 7) is 5.05. The van der Waals surface area contributed by atoms with Crippen LogP contribution in [-0.2, 0) is 11.2 Å². The Bertz CT molecular complexity index is 329. The highest BCUT2D eigenvalue weighted by Gasteiger charge is 2.11. The quantitative estimate of drug-likeness (QED) is 0.856. The van der Waals surface area contributed by atoms with Crippen LogP contribution < -0.4 is 5.32 Å². The largest absolute Gasteiger partial charge is 0.380 e. The number of ether oxygens (including phenoxy) is 1. The van der Waals surface area contributed by atoms with Gasteiger partial charge in [-0.15, -0.1) is 0 Å². The van der Waals surface area contributed by atoms with Gasteiger partial charge in [-0.05, 0) is 49.7 Å².